The van der Waals surface area contributed by atoms with Gasteiger partial charge >= 0.3 is 0 Å². The Balaban J connectivity index is 1.61. The summed E-state index contributed by atoms with van der Waals surface area (Å²) in [6.07, 6.45) is 0. The molecular formula is C22H14FN3O2. The van der Waals surface area contributed by atoms with Crippen molar-refractivity contribution in [2.75, 3.05) is 5.32 Å². The first-order chi connectivity index (χ1) is 13.5. The number of nitrogens with zero attached hydrogens (tertiary/aromatic N) is 2. The zero-order valence-electron chi connectivity index (χ0n) is 14.9. The molecule has 0 bridgehead atoms. The lowest BCUT2D eigenvalue weighted by Crippen LogP contribution is -2.13. The van der Waals surface area contributed by atoms with Gasteiger partial charge in [0.1, 0.15) is 11.3 Å². The van der Waals surface area contributed by atoms with E-state index in [4.69, 9.17) is 9.68 Å². The Kier molecular flexibility index (Phi) is 4.34. The summed E-state index contributed by atoms with van der Waals surface area (Å²) in [4.78, 5) is 16.9. The van der Waals surface area contributed by atoms with Gasteiger partial charge in [-0.2, -0.15) is 5.26 Å². The highest BCUT2D eigenvalue weighted by Crippen LogP contribution is 2.27. The van der Waals surface area contributed by atoms with Gasteiger partial charge in [-0.25, -0.2) is 9.37 Å². The van der Waals surface area contributed by atoms with Crippen LogP contribution in [0.1, 0.15) is 21.5 Å². The molecule has 28 heavy (non-hydrogen) atoms. The van der Waals surface area contributed by atoms with Crippen molar-refractivity contribution in [3.8, 4) is 17.5 Å². The molecule has 0 atom stereocenters. The zero-order chi connectivity index (χ0) is 19.7. The average molecular weight is 371 g/mol. The fraction of sp³-hybridized carbons (Fsp3) is 0.0455. The van der Waals surface area contributed by atoms with Crippen LogP contribution in [0.5, 0.6) is 0 Å². The first kappa shape index (κ1) is 17.4. The number of nitrogens with one attached hydrogen (secondary N) is 1. The summed E-state index contributed by atoms with van der Waals surface area (Å²) in [6, 6.07) is 18.3. The Morgan fingerprint density at radius 2 is 2.00 bits per heavy atom. The van der Waals surface area contributed by atoms with Crippen molar-refractivity contribution in [2.24, 2.45) is 0 Å². The minimum Gasteiger partial charge on any atom is -0.436 e. The van der Waals surface area contributed by atoms with E-state index in [0.717, 1.165) is 17.1 Å². The maximum absolute atomic E-state index is 14.0. The molecule has 0 unspecified atom stereocenters. The second-order valence-electron chi connectivity index (χ2n) is 6.33. The maximum atomic E-state index is 14.0. The molecule has 136 valence electrons. The van der Waals surface area contributed by atoms with Crippen molar-refractivity contribution in [3.05, 3.63) is 83.2 Å². The van der Waals surface area contributed by atoms with E-state index in [-0.39, 0.29) is 11.1 Å². The molecule has 1 aromatic heterocycles. The van der Waals surface area contributed by atoms with Gasteiger partial charge in [0.25, 0.3) is 5.91 Å². The first-order valence-corrected chi connectivity index (χ1v) is 8.52. The number of fused-ring (bicyclic) bond motifs is 1. The lowest BCUT2D eigenvalue weighted by atomic mass is 10.1. The lowest BCUT2D eigenvalue weighted by Gasteiger charge is -2.07. The van der Waals surface area contributed by atoms with E-state index < -0.39 is 11.7 Å². The second kappa shape index (κ2) is 6.97. The van der Waals surface area contributed by atoms with Gasteiger partial charge in [-0.3, -0.25) is 4.79 Å². The molecule has 6 heteroatoms. The molecule has 3 aromatic carbocycles. The Morgan fingerprint density at radius 3 is 2.79 bits per heavy atom. The number of nitriles is 1. The Morgan fingerprint density at radius 1 is 1.14 bits per heavy atom. The largest absolute Gasteiger partial charge is 0.436 e. The first-order valence-electron chi connectivity index (χ1n) is 8.52. The lowest BCUT2D eigenvalue weighted by molar-refractivity contribution is 0.102. The number of hydrogen-bond donors (Lipinski definition) is 1. The van der Waals surface area contributed by atoms with E-state index in [2.05, 4.69) is 10.3 Å². The molecule has 1 amide bonds. The summed E-state index contributed by atoms with van der Waals surface area (Å²) in [5, 5.41) is 11.5. The summed E-state index contributed by atoms with van der Waals surface area (Å²) in [5.41, 5.74) is 3.68. The van der Waals surface area contributed by atoms with E-state index in [1.54, 1.807) is 18.2 Å². The summed E-state index contributed by atoms with van der Waals surface area (Å²) in [6.45, 7) is 1.97. The van der Waals surface area contributed by atoms with Crippen LogP contribution in [0.2, 0.25) is 0 Å². The molecule has 4 aromatic rings. The van der Waals surface area contributed by atoms with E-state index in [9.17, 15) is 9.18 Å². The monoisotopic (exact) mass is 371 g/mol. The highest BCUT2D eigenvalue weighted by Gasteiger charge is 2.14. The van der Waals surface area contributed by atoms with Crippen LogP contribution in [0.25, 0.3) is 22.6 Å². The van der Waals surface area contributed by atoms with Crippen LogP contribution in [0, 0.1) is 24.1 Å². The number of amides is 1. The smallest absolute Gasteiger partial charge is 0.258 e. The van der Waals surface area contributed by atoms with Crippen LogP contribution in [0.3, 0.4) is 0 Å². The van der Waals surface area contributed by atoms with Crippen molar-refractivity contribution in [1.29, 1.82) is 5.26 Å². The number of benzene rings is 3. The number of hydrogen-bond acceptors (Lipinski definition) is 4. The molecule has 0 aliphatic carbocycles. The normalized spacial score (nSPS) is 10.6. The van der Waals surface area contributed by atoms with E-state index >= 15 is 0 Å². The Bertz CT molecular complexity index is 1250. The minimum absolute atomic E-state index is 0.137. The third-order valence-electron chi connectivity index (χ3n) is 4.25. The van der Waals surface area contributed by atoms with E-state index in [0.29, 0.717) is 22.7 Å². The van der Waals surface area contributed by atoms with E-state index in [1.807, 2.05) is 37.3 Å². The molecule has 5 nitrogen and oxygen atoms in total. The summed E-state index contributed by atoms with van der Waals surface area (Å²) >= 11 is 0. The number of oxazole rings is 1. The summed E-state index contributed by atoms with van der Waals surface area (Å²) in [5.74, 6) is -0.921. The molecule has 0 radical (unpaired) electrons. The van der Waals surface area contributed by atoms with Crippen molar-refractivity contribution in [3.63, 3.8) is 0 Å². The number of carbonyl (C=O) groups excluding carboxylic acids is 1. The van der Waals surface area contributed by atoms with Gasteiger partial charge < -0.3 is 9.73 Å². The van der Waals surface area contributed by atoms with Crippen LogP contribution in [-0.2, 0) is 0 Å². The molecule has 0 fully saturated rings. The Labute approximate surface area is 160 Å². The highest BCUT2D eigenvalue weighted by atomic mass is 19.1. The standard InChI is InChI=1S/C22H14FN3O2/c1-13-5-8-19-20(9-13)28-22(26-19)15-3-2-4-16(11-15)25-21(27)17-7-6-14(12-24)10-18(17)23/h2-11H,1H3,(H,25,27). The van der Waals surface area contributed by atoms with Crippen LogP contribution in [-0.4, -0.2) is 10.9 Å². The maximum Gasteiger partial charge on any atom is 0.258 e. The minimum atomic E-state index is -0.748. The molecule has 0 aliphatic rings. The second-order valence-corrected chi connectivity index (χ2v) is 6.33. The van der Waals surface area contributed by atoms with Crippen molar-refractivity contribution >= 4 is 22.7 Å². The van der Waals surface area contributed by atoms with Gasteiger partial charge in [0, 0.05) is 11.3 Å². The third-order valence-corrected chi connectivity index (χ3v) is 4.25. The Hall–Kier alpha value is -3.98. The molecule has 4 rings (SSSR count). The highest BCUT2D eigenvalue weighted by molar-refractivity contribution is 6.04. The van der Waals surface area contributed by atoms with Crippen molar-refractivity contribution in [2.45, 2.75) is 6.92 Å². The SMILES string of the molecule is Cc1ccc2nc(-c3cccc(NC(=O)c4ccc(C#N)cc4F)c3)oc2c1. The van der Waals surface area contributed by atoms with Gasteiger partial charge in [0.05, 0.1) is 17.2 Å². The molecule has 0 spiro atoms. The van der Waals surface area contributed by atoms with Gasteiger partial charge in [0.2, 0.25) is 5.89 Å². The predicted octanol–water partition coefficient (Wildman–Crippen LogP) is 5.07. The quantitative estimate of drug-likeness (QED) is 0.545. The topological polar surface area (TPSA) is 78.9 Å². The van der Waals surface area contributed by atoms with Crippen molar-refractivity contribution < 1.29 is 13.6 Å². The summed E-state index contributed by atoms with van der Waals surface area (Å²) in [7, 11) is 0. The van der Waals surface area contributed by atoms with Crippen LogP contribution >= 0.6 is 0 Å². The zero-order valence-corrected chi connectivity index (χ0v) is 14.9. The predicted molar refractivity (Wildman–Crippen MR) is 103 cm³/mol. The molecule has 0 saturated carbocycles. The fourth-order valence-corrected chi connectivity index (χ4v) is 2.85. The molecule has 0 aliphatic heterocycles. The number of carbonyl (C=O) groups is 1. The summed E-state index contributed by atoms with van der Waals surface area (Å²) < 4.78 is 19.9. The van der Waals surface area contributed by atoms with Gasteiger partial charge in [0.15, 0.2) is 5.58 Å². The van der Waals surface area contributed by atoms with Crippen LogP contribution in [0.15, 0.2) is 65.1 Å². The van der Waals surface area contributed by atoms with Gasteiger partial charge in [-0.1, -0.05) is 12.1 Å². The fourth-order valence-electron chi connectivity index (χ4n) is 2.85. The van der Waals surface area contributed by atoms with Crippen LogP contribution < -0.4 is 5.32 Å². The van der Waals surface area contributed by atoms with Crippen molar-refractivity contribution in [1.82, 2.24) is 4.98 Å². The van der Waals surface area contributed by atoms with Crippen LogP contribution in [0.4, 0.5) is 10.1 Å². The molecule has 1 N–H and O–H groups in total. The number of halogens is 1. The molecular weight excluding hydrogens is 357 g/mol. The van der Waals surface area contributed by atoms with Gasteiger partial charge in [-0.15, -0.1) is 0 Å². The number of anilines is 1. The number of aromatic nitrogens is 1. The average Bonchev–Trinajstić information content (AvgIpc) is 3.11. The molecule has 1 heterocycles. The third kappa shape index (κ3) is 3.33. The van der Waals surface area contributed by atoms with E-state index in [1.165, 1.54) is 12.1 Å². The number of rotatable bonds is 3. The number of aryl methyl sites for hydroxylation is 1. The van der Waals surface area contributed by atoms with Gasteiger partial charge in [-0.05, 0) is 61.0 Å². The molecule has 0 saturated heterocycles.